The van der Waals surface area contributed by atoms with Gasteiger partial charge >= 0.3 is 0 Å². The predicted molar refractivity (Wildman–Crippen MR) is 61.6 cm³/mol. The molecule has 0 aliphatic carbocycles. The largest absolute Gasteiger partial charge is 0.312 e. The first kappa shape index (κ1) is 13.2. The summed E-state index contributed by atoms with van der Waals surface area (Å²) in [5, 5.41) is -0.413. The summed E-state index contributed by atoms with van der Waals surface area (Å²) in [7, 11) is -3.66. The zero-order valence-electron chi connectivity index (χ0n) is 8.89. The van der Waals surface area contributed by atoms with E-state index in [1.807, 2.05) is 6.92 Å². The Hall–Kier alpha value is -0.880. The van der Waals surface area contributed by atoms with E-state index in [4.69, 9.17) is 11.6 Å². The van der Waals surface area contributed by atoms with Crippen molar-refractivity contribution in [3.63, 3.8) is 0 Å². The van der Waals surface area contributed by atoms with Crippen molar-refractivity contribution in [3.8, 4) is 0 Å². The van der Waals surface area contributed by atoms with Crippen LogP contribution < -0.4 is 5.56 Å². The molecule has 1 aromatic heterocycles. The van der Waals surface area contributed by atoms with Crippen LogP contribution in [0.5, 0.6) is 0 Å². The van der Waals surface area contributed by atoms with Crippen molar-refractivity contribution in [1.82, 2.24) is 9.55 Å². The van der Waals surface area contributed by atoms with Crippen LogP contribution in [0.25, 0.3) is 0 Å². The molecule has 0 aliphatic heterocycles. The van der Waals surface area contributed by atoms with Gasteiger partial charge < -0.3 is 4.57 Å². The predicted octanol–water partition coefficient (Wildman–Crippen LogP) is 0.666. The van der Waals surface area contributed by atoms with Gasteiger partial charge in [0.15, 0.2) is 0 Å². The lowest BCUT2D eigenvalue weighted by molar-refractivity contribution is 0.580. The normalized spacial score (nSPS) is 11.6. The number of nitrogens with zero attached hydrogens (tertiary/aromatic N) is 2. The number of alkyl halides is 1. The van der Waals surface area contributed by atoms with E-state index in [2.05, 4.69) is 4.98 Å². The Balaban J connectivity index is 3.26. The maximum atomic E-state index is 11.8. The quantitative estimate of drug-likeness (QED) is 0.733. The lowest BCUT2D eigenvalue weighted by Gasteiger charge is -2.05. The summed E-state index contributed by atoms with van der Waals surface area (Å²) in [6.45, 7) is 2.38. The Labute approximate surface area is 99.0 Å². The maximum absolute atomic E-state index is 11.8. The van der Waals surface area contributed by atoms with E-state index in [9.17, 15) is 13.2 Å². The van der Waals surface area contributed by atoms with E-state index in [0.717, 1.165) is 6.42 Å². The first-order chi connectivity index (χ1) is 7.53. The highest BCUT2D eigenvalue weighted by Gasteiger charge is 2.20. The maximum Gasteiger partial charge on any atom is 0.288 e. The molecule has 16 heavy (non-hydrogen) atoms. The third-order valence-corrected chi connectivity index (χ3v) is 4.01. The number of sulfone groups is 1. The molecule has 0 fully saturated rings. The van der Waals surface area contributed by atoms with E-state index in [-0.39, 0.29) is 11.6 Å². The molecule has 5 nitrogen and oxygen atoms in total. The van der Waals surface area contributed by atoms with E-state index >= 15 is 0 Å². The van der Waals surface area contributed by atoms with Crippen LogP contribution in [0.1, 0.15) is 13.3 Å². The monoisotopic (exact) mass is 264 g/mol. The van der Waals surface area contributed by atoms with Crippen LogP contribution in [0.15, 0.2) is 22.2 Å². The first-order valence-corrected chi connectivity index (χ1v) is 7.05. The van der Waals surface area contributed by atoms with Crippen LogP contribution in [0.3, 0.4) is 0 Å². The van der Waals surface area contributed by atoms with Crippen LogP contribution in [-0.4, -0.2) is 29.6 Å². The molecule has 0 spiro atoms. The van der Waals surface area contributed by atoms with Gasteiger partial charge in [0, 0.05) is 24.8 Å². The minimum atomic E-state index is -3.66. The third-order valence-electron chi connectivity index (χ3n) is 1.99. The van der Waals surface area contributed by atoms with Crippen molar-refractivity contribution in [2.24, 2.45) is 0 Å². The molecule has 0 aromatic carbocycles. The molecule has 0 aliphatic rings. The summed E-state index contributed by atoms with van der Waals surface area (Å²) in [4.78, 5) is 15.4. The van der Waals surface area contributed by atoms with Crippen molar-refractivity contribution in [2.45, 2.75) is 24.9 Å². The third kappa shape index (κ3) is 2.82. The second-order valence-corrected chi connectivity index (χ2v) is 5.64. The van der Waals surface area contributed by atoms with Gasteiger partial charge in [0.25, 0.3) is 5.56 Å². The van der Waals surface area contributed by atoms with Crippen molar-refractivity contribution in [1.29, 1.82) is 0 Å². The molecule has 7 heteroatoms. The topological polar surface area (TPSA) is 69.0 Å². The van der Waals surface area contributed by atoms with Crippen LogP contribution >= 0.6 is 11.6 Å². The summed E-state index contributed by atoms with van der Waals surface area (Å²) < 4.78 is 24.6. The van der Waals surface area contributed by atoms with Crippen LogP contribution in [0, 0.1) is 0 Å². The number of aromatic nitrogens is 2. The SMILES string of the molecule is CCCn1ccnc(S(=O)(=O)CCCl)c1=O. The van der Waals surface area contributed by atoms with Crippen LogP contribution in [0.2, 0.25) is 0 Å². The van der Waals surface area contributed by atoms with Crippen LogP contribution in [-0.2, 0) is 16.4 Å². The van der Waals surface area contributed by atoms with Gasteiger partial charge in [0.2, 0.25) is 14.9 Å². The second kappa shape index (κ2) is 5.45. The summed E-state index contributed by atoms with van der Waals surface area (Å²) in [5.74, 6) is -0.320. The molecule has 1 heterocycles. The zero-order valence-corrected chi connectivity index (χ0v) is 10.5. The summed E-state index contributed by atoms with van der Waals surface area (Å²) in [5.41, 5.74) is -0.575. The minimum absolute atomic E-state index is 0.0495. The number of hydrogen-bond donors (Lipinski definition) is 0. The molecular weight excluding hydrogens is 252 g/mol. The lowest BCUT2D eigenvalue weighted by Crippen LogP contribution is -2.28. The molecule has 0 saturated heterocycles. The van der Waals surface area contributed by atoms with Crippen molar-refractivity contribution >= 4 is 21.4 Å². The number of halogens is 1. The molecule has 90 valence electrons. The Kier molecular flexibility index (Phi) is 4.49. The number of rotatable bonds is 5. The van der Waals surface area contributed by atoms with E-state index in [0.29, 0.717) is 6.54 Å². The zero-order chi connectivity index (χ0) is 12.2. The summed E-state index contributed by atoms with van der Waals surface area (Å²) in [6.07, 6.45) is 3.54. The lowest BCUT2D eigenvalue weighted by atomic mass is 10.5. The fourth-order valence-electron chi connectivity index (χ4n) is 1.26. The van der Waals surface area contributed by atoms with Crippen molar-refractivity contribution in [3.05, 3.63) is 22.7 Å². The van der Waals surface area contributed by atoms with Gasteiger partial charge in [-0.25, -0.2) is 13.4 Å². The molecule has 1 aromatic rings. The summed E-state index contributed by atoms with van der Waals surface area (Å²) >= 11 is 5.37. The van der Waals surface area contributed by atoms with Gasteiger partial charge in [0.1, 0.15) is 0 Å². The van der Waals surface area contributed by atoms with Gasteiger partial charge in [0.05, 0.1) is 5.75 Å². The Morgan fingerprint density at radius 2 is 2.19 bits per heavy atom. The molecule has 0 N–H and O–H groups in total. The molecule has 0 amide bonds. The van der Waals surface area contributed by atoms with Crippen molar-refractivity contribution in [2.75, 3.05) is 11.6 Å². The Morgan fingerprint density at radius 1 is 1.50 bits per heavy atom. The Bertz CT molecular complexity index is 510. The molecular formula is C9H13ClN2O3S. The second-order valence-electron chi connectivity index (χ2n) is 3.24. The highest BCUT2D eigenvalue weighted by Crippen LogP contribution is 2.02. The molecule has 1 rings (SSSR count). The van der Waals surface area contributed by atoms with Crippen LogP contribution in [0.4, 0.5) is 0 Å². The molecule has 0 bridgehead atoms. The van der Waals surface area contributed by atoms with Gasteiger partial charge in [-0.15, -0.1) is 11.6 Å². The smallest absolute Gasteiger partial charge is 0.288 e. The molecule has 0 atom stereocenters. The van der Waals surface area contributed by atoms with Gasteiger partial charge in [-0.05, 0) is 6.42 Å². The average molecular weight is 265 g/mol. The van der Waals surface area contributed by atoms with E-state index in [1.54, 1.807) is 0 Å². The van der Waals surface area contributed by atoms with E-state index in [1.165, 1.54) is 17.0 Å². The fourth-order valence-corrected chi connectivity index (χ4v) is 2.87. The van der Waals surface area contributed by atoms with Gasteiger partial charge in [-0.3, -0.25) is 4.79 Å². The van der Waals surface area contributed by atoms with Gasteiger partial charge in [-0.1, -0.05) is 6.92 Å². The highest BCUT2D eigenvalue weighted by molar-refractivity contribution is 7.91. The molecule has 0 radical (unpaired) electrons. The standard InChI is InChI=1S/C9H13ClN2O3S/c1-2-5-12-6-4-11-8(9(12)13)16(14,15)7-3-10/h4,6H,2-3,5,7H2,1H3. The Morgan fingerprint density at radius 3 is 2.75 bits per heavy atom. The molecule has 0 saturated carbocycles. The molecule has 0 unspecified atom stereocenters. The highest BCUT2D eigenvalue weighted by atomic mass is 35.5. The average Bonchev–Trinajstić information content (AvgIpc) is 2.21. The first-order valence-electron chi connectivity index (χ1n) is 4.87. The van der Waals surface area contributed by atoms with Crippen molar-refractivity contribution < 1.29 is 8.42 Å². The number of aryl methyl sites for hydroxylation is 1. The van der Waals surface area contributed by atoms with E-state index < -0.39 is 20.4 Å². The summed E-state index contributed by atoms with van der Waals surface area (Å²) in [6, 6.07) is 0. The minimum Gasteiger partial charge on any atom is -0.312 e. The fraction of sp³-hybridized carbons (Fsp3) is 0.556. The van der Waals surface area contributed by atoms with Gasteiger partial charge in [-0.2, -0.15) is 0 Å². The number of hydrogen-bond acceptors (Lipinski definition) is 4.